The van der Waals surface area contributed by atoms with Gasteiger partial charge in [0.2, 0.25) is 11.8 Å². The molecule has 0 unspecified atom stereocenters. The van der Waals surface area contributed by atoms with Crippen molar-refractivity contribution >= 4 is 17.8 Å². The number of fused-ring (bicyclic) bond motifs is 1. The van der Waals surface area contributed by atoms with Crippen molar-refractivity contribution in [1.29, 1.82) is 0 Å². The van der Waals surface area contributed by atoms with Gasteiger partial charge < -0.3 is 24.8 Å². The van der Waals surface area contributed by atoms with E-state index < -0.39 is 35.5 Å². The summed E-state index contributed by atoms with van der Waals surface area (Å²) in [5.74, 6) is -2.31. The fourth-order valence-electron chi connectivity index (χ4n) is 6.23. The van der Waals surface area contributed by atoms with E-state index in [9.17, 15) is 19.5 Å². The van der Waals surface area contributed by atoms with Crippen LogP contribution in [-0.2, 0) is 23.9 Å². The molecule has 6 atom stereocenters. The summed E-state index contributed by atoms with van der Waals surface area (Å²) >= 11 is 0. The number of carbonyl (C=O) groups is 3. The first kappa shape index (κ1) is 21.6. The van der Waals surface area contributed by atoms with Gasteiger partial charge in [-0.05, 0) is 39.0 Å². The predicted octanol–water partition coefficient (Wildman–Crippen LogP) is 1.14. The van der Waals surface area contributed by atoms with Crippen molar-refractivity contribution in [2.24, 2.45) is 11.8 Å². The number of carbonyl (C=O) groups excluding carboxylic acids is 3. The van der Waals surface area contributed by atoms with Crippen LogP contribution < -0.4 is 5.32 Å². The highest BCUT2D eigenvalue weighted by Crippen LogP contribution is 2.59. The van der Waals surface area contributed by atoms with Crippen LogP contribution in [-0.4, -0.2) is 70.8 Å². The molecule has 1 saturated carbocycles. The molecule has 4 rings (SSSR count). The lowest BCUT2D eigenvalue weighted by Gasteiger charge is -2.37. The maximum Gasteiger partial charge on any atom is 0.312 e. The van der Waals surface area contributed by atoms with Crippen LogP contribution in [0, 0.1) is 11.8 Å². The number of hydrogen-bond donors (Lipinski definition) is 2. The lowest BCUT2D eigenvalue weighted by atomic mass is 9.70. The average Bonchev–Trinajstić information content (AvgIpc) is 3.38. The van der Waals surface area contributed by atoms with Crippen LogP contribution in [0.1, 0.15) is 65.2 Å². The monoisotopic (exact) mass is 422 g/mol. The van der Waals surface area contributed by atoms with E-state index >= 15 is 0 Å². The van der Waals surface area contributed by atoms with Gasteiger partial charge in [-0.3, -0.25) is 14.4 Å². The van der Waals surface area contributed by atoms with Gasteiger partial charge >= 0.3 is 5.97 Å². The number of rotatable bonds is 7. The Labute approximate surface area is 177 Å². The van der Waals surface area contributed by atoms with E-state index in [4.69, 9.17) is 9.47 Å². The fourth-order valence-corrected chi connectivity index (χ4v) is 6.23. The van der Waals surface area contributed by atoms with Crippen LogP contribution in [0.25, 0.3) is 0 Å². The van der Waals surface area contributed by atoms with E-state index in [1.165, 1.54) is 11.3 Å². The number of nitrogens with zero attached hydrogens (tertiary/aromatic N) is 1. The highest BCUT2D eigenvalue weighted by Gasteiger charge is 2.75. The summed E-state index contributed by atoms with van der Waals surface area (Å²) in [6.45, 7) is 3.63. The number of ether oxygens (including phenoxy) is 2. The third-order valence-corrected chi connectivity index (χ3v) is 7.57. The highest BCUT2D eigenvalue weighted by atomic mass is 16.6. The second-order valence-corrected chi connectivity index (χ2v) is 9.14. The topological polar surface area (TPSA) is 105 Å². The third-order valence-electron chi connectivity index (χ3n) is 7.57. The molecule has 0 aromatic carbocycles. The van der Waals surface area contributed by atoms with Gasteiger partial charge in [-0.2, -0.15) is 0 Å². The Morgan fingerprint density at radius 3 is 2.63 bits per heavy atom. The Morgan fingerprint density at radius 2 is 2.00 bits per heavy atom. The van der Waals surface area contributed by atoms with E-state index in [0.29, 0.717) is 19.3 Å². The minimum atomic E-state index is -1.01. The Bertz CT molecular complexity index is 689. The number of nitrogens with one attached hydrogen (secondary N) is 1. The lowest BCUT2D eigenvalue weighted by Crippen LogP contribution is -2.59. The quantitative estimate of drug-likeness (QED) is 0.596. The molecule has 8 heteroatoms. The maximum atomic E-state index is 13.6. The van der Waals surface area contributed by atoms with Crippen LogP contribution in [0.4, 0.5) is 0 Å². The minimum absolute atomic E-state index is 0.104. The Kier molecular flexibility index (Phi) is 6.08. The van der Waals surface area contributed by atoms with Gasteiger partial charge in [-0.25, -0.2) is 0 Å². The third kappa shape index (κ3) is 3.23. The summed E-state index contributed by atoms with van der Waals surface area (Å²) < 4.78 is 11.6. The molecule has 0 radical (unpaired) electrons. The van der Waals surface area contributed by atoms with Crippen LogP contribution in [0.5, 0.6) is 0 Å². The molecule has 2 N–H and O–H groups in total. The molecule has 1 aliphatic carbocycles. The van der Waals surface area contributed by atoms with Crippen molar-refractivity contribution in [3.05, 3.63) is 0 Å². The van der Waals surface area contributed by atoms with Gasteiger partial charge in [0.05, 0.1) is 37.2 Å². The molecule has 0 aromatic rings. The summed E-state index contributed by atoms with van der Waals surface area (Å²) in [6, 6.07) is -1.20. The summed E-state index contributed by atoms with van der Waals surface area (Å²) in [7, 11) is 0. The van der Waals surface area contributed by atoms with Crippen LogP contribution in [0.3, 0.4) is 0 Å². The first-order valence-corrected chi connectivity index (χ1v) is 11.6. The second-order valence-electron chi connectivity index (χ2n) is 9.14. The molecular weight excluding hydrogens is 388 g/mol. The lowest BCUT2D eigenvalue weighted by molar-refractivity contribution is -0.155. The number of aliphatic hydroxyl groups excluding tert-OH is 1. The Hall–Kier alpha value is -1.67. The van der Waals surface area contributed by atoms with Gasteiger partial charge in [-0.15, -0.1) is 0 Å². The van der Waals surface area contributed by atoms with Gasteiger partial charge in [-0.1, -0.05) is 26.2 Å². The Morgan fingerprint density at radius 1 is 1.27 bits per heavy atom. The number of amides is 2. The molecule has 8 nitrogen and oxygen atoms in total. The summed E-state index contributed by atoms with van der Waals surface area (Å²) in [5, 5.41) is 13.1. The molecule has 1 spiro atoms. The number of hydrogen-bond acceptors (Lipinski definition) is 6. The fraction of sp³-hybridized carbons (Fsp3) is 0.864. The smallest absolute Gasteiger partial charge is 0.312 e. The van der Waals surface area contributed by atoms with E-state index in [-0.39, 0.29) is 37.2 Å². The highest BCUT2D eigenvalue weighted by molar-refractivity contribution is 5.98. The summed E-state index contributed by atoms with van der Waals surface area (Å²) in [5.41, 5.74) is -1.01. The van der Waals surface area contributed by atoms with Gasteiger partial charge in [0.25, 0.3) is 0 Å². The molecule has 2 amide bonds. The maximum absolute atomic E-state index is 13.6. The molecular formula is C22H34N2O6. The first-order valence-electron chi connectivity index (χ1n) is 11.6. The van der Waals surface area contributed by atoms with Crippen LogP contribution in [0.15, 0.2) is 0 Å². The largest absolute Gasteiger partial charge is 0.466 e. The second kappa shape index (κ2) is 8.46. The van der Waals surface area contributed by atoms with Gasteiger partial charge in [0, 0.05) is 6.04 Å². The molecule has 0 aromatic heterocycles. The van der Waals surface area contributed by atoms with Crippen LogP contribution in [0.2, 0.25) is 0 Å². The zero-order valence-corrected chi connectivity index (χ0v) is 18.0. The van der Waals surface area contributed by atoms with E-state index in [0.717, 1.165) is 25.7 Å². The SMILES string of the molecule is CCOC(=O)[C@@H]1[C@@H]2CC[C@]3(O2)[C@H](C(=O)NC2CCCCC2)N([C@@H](CC)CO)C(=O)[C@@H]13. The van der Waals surface area contributed by atoms with Crippen molar-refractivity contribution in [2.45, 2.75) is 95.0 Å². The standard InChI is InChI=1S/C22H34N2O6/c1-3-14(12-25)24-18(19(26)23-13-8-6-5-7-9-13)22-11-10-15(30-22)16(17(22)20(24)27)21(28)29-4-2/h13-18,25H,3-12H2,1-2H3,(H,23,26)/t14-,15-,16+,17+,18-,22+/m0/s1. The van der Waals surface area contributed by atoms with Gasteiger partial charge in [0.1, 0.15) is 11.6 Å². The zero-order valence-electron chi connectivity index (χ0n) is 18.0. The van der Waals surface area contributed by atoms with Gasteiger partial charge in [0.15, 0.2) is 0 Å². The van der Waals surface area contributed by atoms with Crippen LogP contribution >= 0.6 is 0 Å². The molecule has 168 valence electrons. The molecule has 2 bridgehead atoms. The molecule has 3 heterocycles. The van der Waals surface area contributed by atoms with Crippen molar-refractivity contribution in [3.63, 3.8) is 0 Å². The number of aliphatic hydroxyl groups is 1. The number of likely N-dealkylation sites (tertiary alicyclic amines) is 1. The van der Waals surface area contributed by atoms with E-state index in [1.54, 1.807) is 6.92 Å². The first-order chi connectivity index (χ1) is 14.5. The zero-order chi connectivity index (χ0) is 21.5. The normalized spacial score (nSPS) is 36.6. The molecule has 4 fully saturated rings. The van der Waals surface area contributed by atoms with E-state index in [1.807, 2.05) is 6.92 Å². The average molecular weight is 423 g/mol. The van der Waals surface area contributed by atoms with E-state index in [2.05, 4.69) is 5.32 Å². The molecule has 3 saturated heterocycles. The molecule has 3 aliphatic heterocycles. The van der Waals surface area contributed by atoms with Crippen molar-refractivity contribution < 1.29 is 29.0 Å². The van der Waals surface area contributed by atoms with Crippen molar-refractivity contribution in [1.82, 2.24) is 10.2 Å². The molecule has 4 aliphatic rings. The van der Waals surface area contributed by atoms with Crippen molar-refractivity contribution in [3.8, 4) is 0 Å². The summed E-state index contributed by atoms with van der Waals surface area (Å²) in [6.07, 6.45) is 6.55. The Balaban J connectivity index is 1.68. The number of esters is 1. The summed E-state index contributed by atoms with van der Waals surface area (Å²) in [4.78, 5) is 41.4. The molecule has 30 heavy (non-hydrogen) atoms. The minimum Gasteiger partial charge on any atom is -0.466 e. The van der Waals surface area contributed by atoms with Crippen molar-refractivity contribution in [2.75, 3.05) is 13.2 Å². The predicted molar refractivity (Wildman–Crippen MR) is 107 cm³/mol.